The lowest BCUT2D eigenvalue weighted by Gasteiger charge is -2.29. The maximum absolute atomic E-state index is 13.2. The molecule has 0 aliphatic carbocycles. The Labute approximate surface area is 212 Å². The van der Waals surface area contributed by atoms with E-state index >= 15 is 0 Å². The van der Waals surface area contributed by atoms with Gasteiger partial charge in [-0.15, -0.1) is 5.10 Å². The van der Waals surface area contributed by atoms with Crippen LogP contribution in [0.3, 0.4) is 0 Å². The smallest absolute Gasteiger partial charge is 0.338 e. The molecule has 2 heterocycles. The van der Waals surface area contributed by atoms with Gasteiger partial charge >= 0.3 is 5.97 Å². The van der Waals surface area contributed by atoms with E-state index in [1.54, 1.807) is 16.4 Å². The predicted molar refractivity (Wildman–Crippen MR) is 139 cm³/mol. The number of carbonyl (C=O) groups excluding carboxylic acids is 1. The van der Waals surface area contributed by atoms with Crippen molar-refractivity contribution < 1.29 is 19.0 Å². The SMILES string of the molecule is CCCCOc1ccc(C2C(C(=O)OC(C)C)=C(C)Nc3nc(SCCCC)nn32)cc1OCC. The van der Waals surface area contributed by atoms with Gasteiger partial charge in [-0.25, -0.2) is 9.48 Å². The second-order valence-corrected chi connectivity index (χ2v) is 9.79. The van der Waals surface area contributed by atoms with E-state index < -0.39 is 6.04 Å². The molecule has 0 fully saturated rings. The Hall–Kier alpha value is -2.68. The Balaban J connectivity index is 2.05. The number of hydrogen-bond donors (Lipinski definition) is 1. The van der Waals surface area contributed by atoms with Crippen LogP contribution in [0.2, 0.25) is 0 Å². The molecule has 1 aliphatic rings. The quantitative estimate of drug-likeness (QED) is 0.203. The van der Waals surface area contributed by atoms with Gasteiger partial charge < -0.3 is 19.5 Å². The van der Waals surface area contributed by atoms with Crippen LogP contribution in [0.25, 0.3) is 0 Å². The van der Waals surface area contributed by atoms with Gasteiger partial charge in [0.05, 0.1) is 24.9 Å². The number of esters is 1. The summed E-state index contributed by atoms with van der Waals surface area (Å²) in [6, 6.07) is 5.30. The first kappa shape index (κ1) is 26.9. The summed E-state index contributed by atoms with van der Waals surface area (Å²) in [5.74, 6) is 2.51. The van der Waals surface area contributed by atoms with Crippen molar-refractivity contribution in [2.75, 3.05) is 24.3 Å². The molecule has 1 unspecified atom stereocenters. The van der Waals surface area contributed by atoms with Gasteiger partial charge in [0.15, 0.2) is 11.5 Å². The molecule has 0 saturated heterocycles. The molecule has 3 rings (SSSR count). The van der Waals surface area contributed by atoms with Crippen LogP contribution in [0.4, 0.5) is 5.95 Å². The number of hydrogen-bond acceptors (Lipinski definition) is 8. The summed E-state index contributed by atoms with van der Waals surface area (Å²) in [6.07, 6.45) is 3.98. The van der Waals surface area contributed by atoms with Crippen molar-refractivity contribution in [3.63, 3.8) is 0 Å². The van der Waals surface area contributed by atoms with Gasteiger partial charge in [0.2, 0.25) is 11.1 Å². The minimum absolute atomic E-state index is 0.242. The number of carbonyl (C=O) groups is 1. The van der Waals surface area contributed by atoms with E-state index in [1.165, 1.54) is 0 Å². The van der Waals surface area contributed by atoms with Crippen LogP contribution in [-0.2, 0) is 9.53 Å². The monoisotopic (exact) mass is 502 g/mol. The zero-order valence-corrected chi connectivity index (χ0v) is 22.5. The number of thioether (sulfide) groups is 1. The molecule has 1 N–H and O–H groups in total. The van der Waals surface area contributed by atoms with Gasteiger partial charge in [-0.3, -0.25) is 0 Å². The zero-order valence-electron chi connectivity index (χ0n) is 21.7. The molecule has 8 nitrogen and oxygen atoms in total. The molecular formula is C26H38N4O4S. The van der Waals surface area contributed by atoms with Crippen LogP contribution in [-0.4, -0.2) is 45.8 Å². The van der Waals surface area contributed by atoms with Crippen LogP contribution < -0.4 is 14.8 Å². The molecule has 35 heavy (non-hydrogen) atoms. The molecule has 0 saturated carbocycles. The summed E-state index contributed by atoms with van der Waals surface area (Å²) < 4.78 is 19.3. The van der Waals surface area contributed by atoms with E-state index in [1.807, 2.05) is 45.9 Å². The number of benzene rings is 1. The van der Waals surface area contributed by atoms with Crippen molar-refractivity contribution in [3.8, 4) is 11.5 Å². The number of allylic oxidation sites excluding steroid dienone is 1. The molecule has 1 aromatic carbocycles. The van der Waals surface area contributed by atoms with Gasteiger partial charge in [0, 0.05) is 11.4 Å². The first-order chi connectivity index (χ1) is 16.9. The number of anilines is 1. The van der Waals surface area contributed by atoms with Crippen LogP contribution >= 0.6 is 11.8 Å². The summed E-state index contributed by atoms with van der Waals surface area (Å²) in [5, 5.41) is 8.72. The molecular weight excluding hydrogens is 464 g/mol. The van der Waals surface area contributed by atoms with Crippen molar-refractivity contribution in [1.82, 2.24) is 14.8 Å². The van der Waals surface area contributed by atoms with Gasteiger partial charge in [-0.05, 0) is 58.2 Å². The van der Waals surface area contributed by atoms with E-state index in [4.69, 9.17) is 24.3 Å². The summed E-state index contributed by atoms with van der Waals surface area (Å²) in [4.78, 5) is 17.9. The lowest BCUT2D eigenvalue weighted by molar-refractivity contribution is -0.143. The third kappa shape index (κ3) is 6.72. The fourth-order valence-corrected chi connectivity index (χ4v) is 4.67. The van der Waals surface area contributed by atoms with Crippen LogP contribution in [0, 0.1) is 0 Å². The zero-order chi connectivity index (χ0) is 25.4. The largest absolute Gasteiger partial charge is 0.490 e. The second kappa shape index (κ2) is 12.9. The number of fused-ring (bicyclic) bond motifs is 1. The van der Waals surface area contributed by atoms with Crippen molar-refractivity contribution in [3.05, 3.63) is 35.0 Å². The topological polar surface area (TPSA) is 87.5 Å². The van der Waals surface area contributed by atoms with Gasteiger partial charge in [0.25, 0.3) is 0 Å². The van der Waals surface area contributed by atoms with Crippen molar-refractivity contribution in [2.45, 2.75) is 84.5 Å². The number of unbranched alkanes of at least 4 members (excludes halogenated alkanes) is 2. The molecule has 1 aromatic heterocycles. The van der Waals surface area contributed by atoms with E-state index in [2.05, 4.69) is 19.2 Å². The number of nitrogens with one attached hydrogen (secondary N) is 1. The summed E-state index contributed by atoms with van der Waals surface area (Å²) in [6.45, 7) is 12.9. The maximum atomic E-state index is 13.2. The molecule has 1 atom stereocenters. The Morgan fingerprint density at radius 1 is 1.14 bits per heavy atom. The lowest BCUT2D eigenvalue weighted by Crippen LogP contribution is -2.30. The number of aromatic nitrogens is 3. The third-order valence-corrected chi connectivity index (χ3v) is 6.39. The highest BCUT2D eigenvalue weighted by Crippen LogP contribution is 2.40. The molecule has 2 aromatic rings. The Morgan fingerprint density at radius 3 is 2.60 bits per heavy atom. The van der Waals surface area contributed by atoms with Crippen molar-refractivity contribution >= 4 is 23.7 Å². The first-order valence-electron chi connectivity index (χ1n) is 12.6. The standard InChI is InChI=1S/C26H38N4O4S/c1-7-10-14-33-20-13-12-19(16-21(20)32-9-3)23-22(24(31)34-17(4)5)18(6)27-25-28-26(29-30(23)25)35-15-11-8-2/h12-13,16-17,23H,7-11,14-15H2,1-6H3,(H,27,28,29). The Bertz CT molecular complexity index is 1030. The number of ether oxygens (including phenoxy) is 3. The van der Waals surface area contributed by atoms with Crippen molar-refractivity contribution in [2.24, 2.45) is 0 Å². The van der Waals surface area contributed by atoms with Gasteiger partial charge in [-0.1, -0.05) is 44.5 Å². The van der Waals surface area contributed by atoms with Gasteiger partial charge in [-0.2, -0.15) is 4.98 Å². The fraction of sp³-hybridized carbons (Fsp3) is 0.577. The highest BCUT2D eigenvalue weighted by molar-refractivity contribution is 7.99. The molecule has 9 heteroatoms. The van der Waals surface area contributed by atoms with E-state index in [0.29, 0.717) is 47.1 Å². The minimum Gasteiger partial charge on any atom is -0.490 e. The van der Waals surface area contributed by atoms with Crippen LogP contribution in [0.5, 0.6) is 11.5 Å². The summed E-state index contributed by atoms with van der Waals surface area (Å²) in [5.41, 5.74) is 2.05. The van der Waals surface area contributed by atoms with E-state index in [9.17, 15) is 4.79 Å². The number of rotatable bonds is 13. The maximum Gasteiger partial charge on any atom is 0.338 e. The minimum atomic E-state index is -0.505. The average molecular weight is 503 g/mol. The average Bonchev–Trinajstić information content (AvgIpc) is 3.21. The van der Waals surface area contributed by atoms with Crippen LogP contribution in [0.1, 0.15) is 78.8 Å². The first-order valence-corrected chi connectivity index (χ1v) is 13.6. The Kier molecular flexibility index (Phi) is 9.89. The molecule has 0 radical (unpaired) electrons. The highest BCUT2D eigenvalue weighted by atomic mass is 32.2. The molecule has 0 amide bonds. The van der Waals surface area contributed by atoms with Gasteiger partial charge in [0.1, 0.15) is 6.04 Å². The van der Waals surface area contributed by atoms with Crippen molar-refractivity contribution in [1.29, 1.82) is 0 Å². The lowest BCUT2D eigenvalue weighted by atomic mass is 9.95. The predicted octanol–water partition coefficient (Wildman–Crippen LogP) is 5.99. The van der Waals surface area contributed by atoms with E-state index in [-0.39, 0.29) is 12.1 Å². The second-order valence-electron chi connectivity index (χ2n) is 8.73. The molecule has 0 spiro atoms. The number of nitrogens with zero attached hydrogens (tertiary/aromatic N) is 3. The third-order valence-electron chi connectivity index (χ3n) is 5.46. The normalized spacial score (nSPS) is 15.1. The highest BCUT2D eigenvalue weighted by Gasteiger charge is 2.36. The Morgan fingerprint density at radius 2 is 1.91 bits per heavy atom. The molecule has 1 aliphatic heterocycles. The fourth-order valence-electron chi connectivity index (χ4n) is 3.76. The molecule has 192 valence electrons. The van der Waals surface area contributed by atoms with E-state index in [0.717, 1.165) is 37.0 Å². The van der Waals surface area contributed by atoms with Crippen LogP contribution in [0.15, 0.2) is 34.6 Å². The summed E-state index contributed by atoms with van der Waals surface area (Å²) in [7, 11) is 0. The summed E-state index contributed by atoms with van der Waals surface area (Å²) >= 11 is 1.62. The molecule has 0 bridgehead atoms.